The fourth-order valence-corrected chi connectivity index (χ4v) is 2.28. The van der Waals surface area contributed by atoms with E-state index < -0.39 is 5.97 Å². The van der Waals surface area contributed by atoms with Crippen LogP contribution in [-0.4, -0.2) is 24.2 Å². The molecule has 0 fully saturated rings. The quantitative estimate of drug-likeness (QED) is 0.867. The SMILES string of the molecule is C=C(Cl)COC(=O)c1ccc2c(c1)NC(=O)CS2. The second-order valence-corrected chi connectivity index (χ2v) is 5.19. The van der Waals surface area contributed by atoms with Crippen molar-refractivity contribution in [2.45, 2.75) is 4.90 Å². The topological polar surface area (TPSA) is 55.4 Å². The zero-order chi connectivity index (χ0) is 13.1. The van der Waals surface area contributed by atoms with Gasteiger partial charge in [-0.1, -0.05) is 18.2 Å². The molecule has 0 saturated heterocycles. The van der Waals surface area contributed by atoms with E-state index in [9.17, 15) is 9.59 Å². The Bertz CT molecular complexity index is 530. The Balaban J connectivity index is 2.15. The van der Waals surface area contributed by atoms with Gasteiger partial charge < -0.3 is 10.1 Å². The first-order chi connectivity index (χ1) is 8.56. The van der Waals surface area contributed by atoms with E-state index in [1.807, 2.05) is 0 Å². The lowest BCUT2D eigenvalue weighted by molar-refractivity contribution is -0.113. The summed E-state index contributed by atoms with van der Waals surface area (Å²) < 4.78 is 4.92. The van der Waals surface area contributed by atoms with Crippen LogP contribution in [0.1, 0.15) is 10.4 Å². The first kappa shape index (κ1) is 13.0. The number of anilines is 1. The molecule has 4 nitrogen and oxygen atoms in total. The minimum absolute atomic E-state index is 0.0292. The number of benzene rings is 1. The van der Waals surface area contributed by atoms with Gasteiger partial charge in [0.25, 0.3) is 0 Å². The Hall–Kier alpha value is -1.46. The van der Waals surface area contributed by atoms with Gasteiger partial charge in [-0.05, 0) is 18.2 Å². The Morgan fingerprint density at radius 2 is 2.33 bits per heavy atom. The van der Waals surface area contributed by atoms with Gasteiger partial charge in [-0.2, -0.15) is 0 Å². The van der Waals surface area contributed by atoms with Gasteiger partial charge in [-0.25, -0.2) is 4.79 Å². The molecule has 0 atom stereocenters. The molecular formula is C12H10ClNO3S. The highest BCUT2D eigenvalue weighted by molar-refractivity contribution is 8.00. The molecular weight excluding hydrogens is 274 g/mol. The zero-order valence-electron chi connectivity index (χ0n) is 9.36. The molecule has 1 aliphatic heterocycles. The van der Waals surface area contributed by atoms with E-state index in [0.29, 0.717) is 17.0 Å². The smallest absolute Gasteiger partial charge is 0.338 e. The average Bonchev–Trinajstić information content (AvgIpc) is 2.34. The maximum atomic E-state index is 11.7. The number of carbonyl (C=O) groups is 2. The number of thioether (sulfide) groups is 1. The van der Waals surface area contributed by atoms with Gasteiger partial charge in [0.2, 0.25) is 5.91 Å². The van der Waals surface area contributed by atoms with Crippen molar-refractivity contribution in [3.8, 4) is 0 Å². The monoisotopic (exact) mass is 283 g/mol. The van der Waals surface area contributed by atoms with E-state index in [-0.39, 0.29) is 17.5 Å². The van der Waals surface area contributed by atoms with Crippen molar-refractivity contribution in [3.05, 3.63) is 35.4 Å². The van der Waals surface area contributed by atoms with Crippen LogP contribution >= 0.6 is 23.4 Å². The Kier molecular flexibility index (Phi) is 3.93. The highest BCUT2D eigenvalue weighted by Gasteiger charge is 2.17. The molecule has 1 aliphatic rings. The molecule has 0 radical (unpaired) electrons. The van der Waals surface area contributed by atoms with Crippen LogP contribution in [0.4, 0.5) is 5.69 Å². The summed E-state index contributed by atoms with van der Waals surface area (Å²) in [5.74, 6) is -0.181. The lowest BCUT2D eigenvalue weighted by atomic mass is 10.2. The molecule has 18 heavy (non-hydrogen) atoms. The molecule has 0 spiro atoms. The van der Waals surface area contributed by atoms with Crippen molar-refractivity contribution in [3.63, 3.8) is 0 Å². The van der Waals surface area contributed by atoms with Gasteiger partial charge in [0.05, 0.1) is 17.0 Å². The van der Waals surface area contributed by atoms with Gasteiger partial charge >= 0.3 is 5.97 Å². The van der Waals surface area contributed by atoms with Crippen LogP contribution in [0.3, 0.4) is 0 Å². The Morgan fingerprint density at radius 1 is 1.56 bits per heavy atom. The van der Waals surface area contributed by atoms with Crippen LogP contribution < -0.4 is 5.32 Å². The number of fused-ring (bicyclic) bond motifs is 1. The second-order valence-electron chi connectivity index (χ2n) is 3.64. The molecule has 2 rings (SSSR count). The molecule has 0 aliphatic carbocycles. The van der Waals surface area contributed by atoms with Crippen LogP contribution in [0.25, 0.3) is 0 Å². The van der Waals surface area contributed by atoms with Gasteiger partial charge in [0, 0.05) is 9.93 Å². The van der Waals surface area contributed by atoms with Crippen LogP contribution in [0.2, 0.25) is 0 Å². The minimum Gasteiger partial charge on any atom is -0.456 e. The fraction of sp³-hybridized carbons (Fsp3) is 0.167. The Labute approximate surface area is 113 Å². The zero-order valence-corrected chi connectivity index (χ0v) is 10.9. The van der Waals surface area contributed by atoms with E-state index >= 15 is 0 Å². The maximum Gasteiger partial charge on any atom is 0.338 e. The van der Waals surface area contributed by atoms with Gasteiger partial charge in [-0.3, -0.25) is 4.79 Å². The highest BCUT2D eigenvalue weighted by Crippen LogP contribution is 2.32. The molecule has 0 bridgehead atoms. The van der Waals surface area contributed by atoms with E-state index in [0.717, 1.165) is 4.90 Å². The van der Waals surface area contributed by atoms with Crippen LogP contribution in [-0.2, 0) is 9.53 Å². The third kappa shape index (κ3) is 3.05. The van der Waals surface area contributed by atoms with E-state index in [1.54, 1.807) is 18.2 Å². The summed E-state index contributed by atoms with van der Waals surface area (Å²) in [5.41, 5.74) is 1.00. The van der Waals surface area contributed by atoms with E-state index in [1.165, 1.54) is 11.8 Å². The standard InChI is InChI=1S/C12H10ClNO3S/c1-7(13)5-17-12(16)8-2-3-10-9(4-8)14-11(15)6-18-10/h2-4H,1,5-6H2,(H,14,15). The molecule has 94 valence electrons. The highest BCUT2D eigenvalue weighted by atomic mass is 35.5. The molecule has 1 aromatic carbocycles. The number of esters is 1. The van der Waals surface area contributed by atoms with Crippen molar-refractivity contribution >= 4 is 40.9 Å². The lowest BCUT2D eigenvalue weighted by Crippen LogP contribution is -2.19. The maximum absolute atomic E-state index is 11.7. The molecule has 1 aromatic rings. The molecule has 0 aromatic heterocycles. The van der Waals surface area contributed by atoms with Gasteiger partial charge in [-0.15, -0.1) is 11.8 Å². The van der Waals surface area contributed by atoms with E-state index in [2.05, 4.69) is 11.9 Å². The minimum atomic E-state index is -0.496. The number of hydrogen-bond acceptors (Lipinski definition) is 4. The average molecular weight is 284 g/mol. The number of ether oxygens (including phenoxy) is 1. The number of halogens is 1. The summed E-state index contributed by atoms with van der Waals surface area (Å²) in [6, 6.07) is 5.03. The predicted octanol–water partition coefficient (Wildman–Crippen LogP) is 2.64. The number of rotatable bonds is 3. The first-order valence-corrected chi connectivity index (χ1v) is 6.50. The summed E-state index contributed by atoms with van der Waals surface area (Å²) >= 11 is 6.95. The summed E-state index contributed by atoms with van der Waals surface area (Å²) in [4.78, 5) is 23.9. The van der Waals surface area contributed by atoms with Crippen LogP contribution in [0.5, 0.6) is 0 Å². The number of amides is 1. The van der Waals surface area contributed by atoms with Gasteiger partial charge in [0.1, 0.15) is 6.61 Å². The summed E-state index contributed by atoms with van der Waals surface area (Å²) in [7, 11) is 0. The number of hydrogen-bond donors (Lipinski definition) is 1. The van der Waals surface area contributed by atoms with Crippen molar-refractivity contribution in [1.29, 1.82) is 0 Å². The summed E-state index contributed by atoms with van der Waals surface area (Å²) in [6.45, 7) is 3.40. The van der Waals surface area contributed by atoms with Crippen LogP contribution in [0.15, 0.2) is 34.7 Å². The molecule has 1 amide bonds. The summed E-state index contributed by atoms with van der Waals surface area (Å²) in [5, 5.41) is 2.96. The van der Waals surface area contributed by atoms with E-state index in [4.69, 9.17) is 16.3 Å². The molecule has 0 saturated carbocycles. The molecule has 1 heterocycles. The third-order valence-electron chi connectivity index (χ3n) is 2.21. The number of carbonyl (C=O) groups excluding carboxylic acids is 2. The van der Waals surface area contributed by atoms with Gasteiger partial charge in [0.15, 0.2) is 0 Å². The second kappa shape index (κ2) is 5.46. The van der Waals surface area contributed by atoms with Crippen molar-refractivity contribution in [1.82, 2.24) is 0 Å². The molecule has 0 unspecified atom stereocenters. The lowest BCUT2D eigenvalue weighted by Gasteiger charge is -2.16. The normalized spacial score (nSPS) is 13.5. The van der Waals surface area contributed by atoms with Crippen molar-refractivity contribution < 1.29 is 14.3 Å². The summed E-state index contributed by atoms with van der Waals surface area (Å²) in [6.07, 6.45) is 0. The fourth-order valence-electron chi connectivity index (χ4n) is 1.44. The third-order valence-corrected chi connectivity index (χ3v) is 3.39. The molecule has 1 N–H and O–H groups in total. The van der Waals surface area contributed by atoms with Crippen LogP contribution in [0, 0.1) is 0 Å². The van der Waals surface area contributed by atoms with Crippen molar-refractivity contribution in [2.75, 3.05) is 17.7 Å². The first-order valence-electron chi connectivity index (χ1n) is 5.13. The largest absolute Gasteiger partial charge is 0.456 e. The molecule has 6 heteroatoms. The Morgan fingerprint density at radius 3 is 3.06 bits per heavy atom. The number of nitrogens with one attached hydrogen (secondary N) is 1. The predicted molar refractivity (Wildman–Crippen MR) is 71.1 cm³/mol. The van der Waals surface area contributed by atoms with Crippen molar-refractivity contribution in [2.24, 2.45) is 0 Å².